The van der Waals surface area contributed by atoms with Gasteiger partial charge in [-0.1, -0.05) is 12.1 Å². The van der Waals surface area contributed by atoms with Crippen LogP contribution in [0.5, 0.6) is 11.5 Å². The van der Waals surface area contributed by atoms with Gasteiger partial charge in [0.15, 0.2) is 6.04 Å². The summed E-state index contributed by atoms with van der Waals surface area (Å²) in [6, 6.07) is 11.4. The molecule has 1 unspecified atom stereocenters. The third-order valence-corrected chi connectivity index (χ3v) is 3.67. The van der Waals surface area contributed by atoms with Crippen LogP contribution in [-0.4, -0.2) is 29.5 Å². The molecule has 150 valence electrons. The van der Waals surface area contributed by atoms with E-state index in [2.05, 4.69) is 10.4 Å². The third kappa shape index (κ3) is 6.19. The van der Waals surface area contributed by atoms with E-state index in [1.807, 2.05) is 27.7 Å². The fourth-order valence-electron chi connectivity index (χ4n) is 2.65. The Morgan fingerprint density at radius 3 is 2.00 bits per heavy atom. The minimum absolute atomic E-state index is 0.0462. The molecular formula is C21H27N3O4. The van der Waals surface area contributed by atoms with Crippen LogP contribution >= 0.6 is 0 Å². The van der Waals surface area contributed by atoms with Crippen LogP contribution < -0.4 is 20.6 Å². The maximum Gasteiger partial charge on any atom is 0.330 e. The number of nitrogens with one attached hydrogen (secondary N) is 1. The number of aliphatic carboxylic acids is 1. The number of nitrogens with two attached hydrogens (primary N) is 1. The Kier molecular flexibility index (Phi) is 7.26. The fourth-order valence-corrected chi connectivity index (χ4v) is 2.65. The number of hydrogen-bond donors (Lipinski definition) is 3. The van der Waals surface area contributed by atoms with Crippen molar-refractivity contribution in [1.29, 1.82) is 0 Å². The molecule has 28 heavy (non-hydrogen) atoms. The molecule has 2 aromatic rings. The van der Waals surface area contributed by atoms with Crippen molar-refractivity contribution in [3.05, 3.63) is 53.6 Å². The summed E-state index contributed by atoms with van der Waals surface area (Å²) in [5.41, 5.74) is 2.01. The molecule has 0 aliphatic rings. The summed E-state index contributed by atoms with van der Waals surface area (Å²) in [6.45, 7) is 7.65. The summed E-state index contributed by atoms with van der Waals surface area (Å²) in [7, 11) is 0. The molecule has 1 atom stereocenters. The van der Waals surface area contributed by atoms with E-state index in [-0.39, 0.29) is 12.2 Å². The van der Waals surface area contributed by atoms with Crippen molar-refractivity contribution in [3.8, 4) is 11.5 Å². The predicted octanol–water partition coefficient (Wildman–Crippen LogP) is 3.79. The number of benzene rings is 2. The van der Waals surface area contributed by atoms with Crippen LogP contribution in [0, 0.1) is 0 Å². The lowest BCUT2D eigenvalue weighted by atomic mass is 10.1. The summed E-state index contributed by atoms with van der Waals surface area (Å²) >= 11 is 0. The average molecular weight is 385 g/mol. The predicted molar refractivity (Wildman–Crippen MR) is 110 cm³/mol. The number of carboxylic acid groups (broad SMARTS) is 1. The van der Waals surface area contributed by atoms with Crippen molar-refractivity contribution < 1.29 is 19.4 Å². The van der Waals surface area contributed by atoms with Crippen molar-refractivity contribution in [3.63, 3.8) is 0 Å². The highest BCUT2D eigenvalue weighted by molar-refractivity contribution is 5.82. The quantitative estimate of drug-likeness (QED) is 0.344. The molecule has 7 heteroatoms. The van der Waals surface area contributed by atoms with Gasteiger partial charge in [-0.25, -0.2) is 4.79 Å². The Morgan fingerprint density at radius 2 is 1.57 bits per heavy atom. The van der Waals surface area contributed by atoms with Crippen molar-refractivity contribution in [2.45, 2.75) is 45.9 Å². The van der Waals surface area contributed by atoms with E-state index in [0.29, 0.717) is 22.7 Å². The summed E-state index contributed by atoms with van der Waals surface area (Å²) in [5.74, 6) is 5.26. The van der Waals surface area contributed by atoms with Crippen LogP contribution in [0.3, 0.4) is 0 Å². The zero-order chi connectivity index (χ0) is 20.7. The monoisotopic (exact) mass is 385 g/mol. The number of rotatable bonds is 9. The lowest BCUT2D eigenvalue weighted by Crippen LogP contribution is -2.21. The van der Waals surface area contributed by atoms with Crippen molar-refractivity contribution in [2.24, 2.45) is 10.9 Å². The minimum atomic E-state index is -1.01. The zero-order valence-corrected chi connectivity index (χ0v) is 16.5. The first kappa shape index (κ1) is 21.1. The molecule has 0 bridgehead atoms. The van der Waals surface area contributed by atoms with Gasteiger partial charge in [0.25, 0.3) is 0 Å². The number of hydrogen-bond acceptors (Lipinski definition) is 6. The molecule has 2 rings (SSSR count). The van der Waals surface area contributed by atoms with Crippen molar-refractivity contribution in [1.82, 2.24) is 0 Å². The van der Waals surface area contributed by atoms with E-state index in [9.17, 15) is 9.90 Å². The van der Waals surface area contributed by atoms with E-state index in [1.165, 1.54) is 6.21 Å². The summed E-state index contributed by atoms with van der Waals surface area (Å²) < 4.78 is 11.5. The lowest BCUT2D eigenvalue weighted by molar-refractivity contribution is -0.138. The topological polar surface area (TPSA) is 106 Å². The molecule has 0 spiro atoms. The Balaban J connectivity index is 2.36. The van der Waals surface area contributed by atoms with Crippen LogP contribution in [0.25, 0.3) is 0 Å². The van der Waals surface area contributed by atoms with E-state index in [1.54, 1.807) is 42.5 Å². The molecule has 7 nitrogen and oxygen atoms in total. The second kappa shape index (κ2) is 9.64. The van der Waals surface area contributed by atoms with Crippen LogP contribution in [0.1, 0.15) is 44.9 Å². The maximum absolute atomic E-state index is 12.0. The van der Waals surface area contributed by atoms with Crippen LogP contribution in [0.15, 0.2) is 47.6 Å². The van der Waals surface area contributed by atoms with Gasteiger partial charge in [0.1, 0.15) is 11.5 Å². The molecule has 0 amide bonds. The Bertz CT molecular complexity index is 789. The zero-order valence-electron chi connectivity index (χ0n) is 16.5. The molecule has 2 aromatic carbocycles. The molecule has 0 aromatic heterocycles. The first-order chi connectivity index (χ1) is 13.3. The van der Waals surface area contributed by atoms with Crippen LogP contribution in [-0.2, 0) is 4.79 Å². The number of hydrazone groups is 1. The van der Waals surface area contributed by atoms with Gasteiger partial charge in [-0.2, -0.15) is 5.10 Å². The maximum atomic E-state index is 12.0. The van der Waals surface area contributed by atoms with E-state index < -0.39 is 12.0 Å². The van der Waals surface area contributed by atoms with Crippen molar-refractivity contribution in [2.75, 3.05) is 5.32 Å². The first-order valence-electron chi connectivity index (χ1n) is 9.09. The van der Waals surface area contributed by atoms with Gasteiger partial charge in [-0.15, -0.1) is 0 Å². The number of carboxylic acids is 1. The normalized spacial score (nSPS) is 12.4. The second-order valence-electron chi connectivity index (χ2n) is 6.89. The average Bonchev–Trinajstić information content (AvgIpc) is 2.59. The van der Waals surface area contributed by atoms with Gasteiger partial charge < -0.3 is 25.7 Å². The highest BCUT2D eigenvalue weighted by atomic mass is 16.5. The fraction of sp³-hybridized carbons (Fsp3) is 0.333. The number of carbonyl (C=O) groups is 1. The van der Waals surface area contributed by atoms with Gasteiger partial charge in [0, 0.05) is 11.8 Å². The van der Waals surface area contributed by atoms with Crippen LogP contribution in [0.2, 0.25) is 0 Å². The smallest absolute Gasteiger partial charge is 0.330 e. The SMILES string of the molecule is CC(C)Oc1cc(OC(C)C)cc(C(Nc2ccc(C=NN)cc2)C(=O)O)c1. The standard InChI is InChI=1S/C21H27N3O4/c1-13(2)27-18-9-16(10-19(11-18)28-14(3)4)20(21(25)26)24-17-7-5-15(6-8-17)12-23-22/h5-14,20,24H,22H2,1-4H3,(H,25,26). The van der Waals surface area contributed by atoms with E-state index >= 15 is 0 Å². The van der Waals surface area contributed by atoms with Crippen molar-refractivity contribution >= 4 is 17.9 Å². The molecule has 0 aliphatic heterocycles. The molecule has 0 saturated heterocycles. The molecule has 4 N–H and O–H groups in total. The lowest BCUT2D eigenvalue weighted by Gasteiger charge is -2.20. The van der Waals surface area contributed by atoms with Gasteiger partial charge in [0.05, 0.1) is 18.4 Å². The summed E-state index contributed by atoms with van der Waals surface area (Å²) in [4.78, 5) is 12.0. The molecule has 0 heterocycles. The molecular weight excluding hydrogens is 358 g/mol. The number of ether oxygens (including phenoxy) is 2. The molecule has 0 fully saturated rings. The third-order valence-electron chi connectivity index (χ3n) is 3.67. The van der Waals surface area contributed by atoms with Gasteiger partial charge >= 0.3 is 5.97 Å². The number of anilines is 1. The summed E-state index contributed by atoms with van der Waals surface area (Å²) in [5, 5.41) is 16.3. The van der Waals surface area contributed by atoms with E-state index in [0.717, 1.165) is 5.56 Å². The van der Waals surface area contributed by atoms with Crippen LogP contribution in [0.4, 0.5) is 5.69 Å². The van der Waals surface area contributed by atoms with Gasteiger partial charge in [-0.05, 0) is 63.1 Å². The molecule has 0 saturated carbocycles. The largest absolute Gasteiger partial charge is 0.491 e. The molecule has 0 aliphatic carbocycles. The first-order valence-corrected chi connectivity index (χ1v) is 9.09. The molecule has 0 radical (unpaired) electrons. The Morgan fingerprint density at radius 1 is 1.04 bits per heavy atom. The Labute approximate surface area is 165 Å². The summed E-state index contributed by atoms with van der Waals surface area (Å²) in [6.07, 6.45) is 1.42. The Hall–Kier alpha value is -3.22. The van der Waals surface area contributed by atoms with Gasteiger partial charge in [0.2, 0.25) is 0 Å². The highest BCUT2D eigenvalue weighted by Gasteiger charge is 2.22. The second-order valence-corrected chi connectivity index (χ2v) is 6.89. The number of nitrogens with zero attached hydrogens (tertiary/aromatic N) is 1. The minimum Gasteiger partial charge on any atom is -0.491 e. The van der Waals surface area contributed by atoms with Gasteiger partial charge in [-0.3, -0.25) is 0 Å². The highest BCUT2D eigenvalue weighted by Crippen LogP contribution is 2.30. The van der Waals surface area contributed by atoms with E-state index in [4.69, 9.17) is 15.3 Å².